The normalized spacial score (nSPS) is 9.47. The monoisotopic (exact) mass is 250 g/mol. The zero-order valence-electron chi connectivity index (χ0n) is 9.32. The van der Waals surface area contributed by atoms with Gasteiger partial charge in [0.15, 0.2) is 0 Å². The molecule has 0 atom stereocenters. The maximum Gasteiger partial charge on any atom is 0.102 e. The molecule has 0 fully saturated rings. The van der Waals surface area contributed by atoms with Crippen molar-refractivity contribution >= 4 is 18.1 Å². The molecule has 2 aromatic rings. The Morgan fingerprint density at radius 1 is 0.882 bits per heavy atom. The van der Waals surface area contributed by atoms with Gasteiger partial charge in [-0.3, -0.25) is 4.84 Å². The van der Waals surface area contributed by atoms with Crippen molar-refractivity contribution in [2.45, 2.75) is 6.61 Å². The maximum absolute atomic E-state index is 5.75. The van der Waals surface area contributed by atoms with Gasteiger partial charge >= 0.3 is 0 Å². The minimum Gasteiger partial charge on any atom is -0.253 e. The molecule has 0 amide bonds. The molecule has 2 aromatic carbocycles. The smallest absolute Gasteiger partial charge is 0.102 e. The average Bonchev–Trinajstić information content (AvgIpc) is 2.38. The van der Waals surface area contributed by atoms with Crippen LogP contribution in [0.2, 0.25) is 0 Å². The quantitative estimate of drug-likeness (QED) is 0.670. The van der Waals surface area contributed by atoms with E-state index in [-0.39, 0.29) is 12.4 Å². The van der Waals surface area contributed by atoms with Gasteiger partial charge in [0.05, 0.1) is 5.69 Å². The molecule has 2 N–H and O–H groups in total. The zero-order valence-corrected chi connectivity index (χ0v) is 10.1. The Morgan fingerprint density at radius 2 is 1.41 bits per heavy atom. The largest absolute Gasteiger partial charge is 0.253 e. The topological polar surface area (TPSA) is 38.5 Å². The highest BCUT2D eigenvalue weighted by Gasteiger charge is 2.00. The number of hydrogen-bond acceptors (Lipinski definition) is 3. The van der Waals surface area contributed by atoms with Crippen LogP contribution < -0.4 is 11.0 Å². The van der Waals surface area contributed by atoms with Crippen LogP contribution in [0.4, 0.5) is 5.69 Å². The third kappa shape index (κ3) is 4.07. The second-order valence-electron chi connectivity index (χ2n) is 3.42. The van der Waals surface area contributed by atoms with Gasteiger partial charge in [0.2, 0.25) is 0 Å². The van der Waals surface area contributed by atoms with E-state index in [2.05, 4.69) is 0 Å². The van der Waals surface area contributed by atoms with Gasteiger partial charge in [0, 0.05) is 0 Å². The summed E-state index contributed by atoms with van der Waals surface area (Å²) in [5.41, 5.74) is 1.92. The van der Waals surface area contributed by atoms with Crippen molar-refractivity contribution in [3.05, 3.63) is 66.2 Å². The Hall–Kier alpha value is -1.55. The number of hydrazine groups is 1. The SMILES string of the molecule is Cl.NN(OCc1ccccc1)c1ccccc1. The molecule has 0 bridgehead atoms. The van der Waals surface area contributed by atoms with Gasteiger partial charge in [-0.15, -0.1) is 12.4 Å². The van der Waals surface area contributed by atoms with E-state index in [9.17, 15) is 0 Å². The summed E-state index contributed by atoms with van der Waals surface area (Å²) in [7, 11) is 0. The van der Waals surface area contributed by atoms with Crippen LogP contribution in [0.3, 0.4) is 0 Å². The first-order valence-electron chi connectivity index (χ1n) is 5.13. The molecule has 0 aliphatic heterocycles. The van der Waals surface area contributed by atoms with Crippen LogP contribution >= 0.6 is 12.4 Å². The molecule has 0 heterocycles. The number of rotatable bonds is 4. The highest BCUT2D eigenvalue weighted by Crippen LogP contribution is 2.11. The van der Waals surface area contributed by atoms with E-state index in [1.807, 2.05) is 60.7 Å². The molecule has 3 nitrogen and oxygen atoms in total. The van der Waals surface area contributed by atoms with Crippen LogP contribution in [0.25, 0.3) is 0 Å². The molecule has 0 aliphatic rings. The fourth-order valence-corrected chi connectivity index (χ4v) is 1.37. The first-order valence-corrected chi connectivity index (χ1v) is 5.13. The van der Waals surface area contributed by atoms with Crippen LogP contribution in [0.5, 0.6) is 0 Å². The summed E-state index contributed by atoms with van der Waals surface area (Å²) in [6.45, 7) is 0.465. The molecule has 0 spiro atoms. The van der Waals surface area contributed by atoms with Crippen molar-refractivity contribution in [2.75, 3.05) is 5.17 Å². The Labute approximate surface area is 107 Å². The molecule has 0 aliphatic carbocycles. The molecule has 2 rings (SSSR count). The van der Waals surface area contributed by atoms with E-state index in [4.69, 9.17) is 10.7 Å². The van der Waals surface area contributed by atoms with E-state index < -0.39 is 0 Å². The van der Waals surface area contributed by atoms with Gasteiger partial charge in [-0.05, 0) is 17.7 Å². The van der Waals surface area contributed by atoms with Crippen molar-refractivity contribution in [2.24, 2.45) is 5.84 Å². The van der Waals surface area contributed by atoms with E-state index in [0.29, 0.717) is 6.61 Å². The fourth-order valence-electron chi connectivity index (χ4n) is 1.37. The lowest BCUT2D eigenvalue weighted by molar-refractivity contribution is 0.0948. The molecule has 0 radical (unpaired) electrons. The molecular formula is C13H15ClN2O. The molecule has 4 heteroatoms. The number of halogens is 1. The summed E-state index contributed by atoms with van der Waals surface area (Å²) in [5.74, 6) is 5.75. The molecule has 0 saturated carbocycles. The first-order chi connectivity index (χ1) is 7.86. The number of nitrogens with two attached hydrogens (primary N) is 1. The average molecular weight is 251 g/mol. The highest BCUT2D eigenvalue weighted by molar-refractivity contribution is 5.85. The van der Waals surface area contributed by atoms with Gasteiger partial charge < -0.3 is 0 Å². The number of nitrogens with zero attached hydrogens (tertiary/aromatic N) is 1. The van der Waals surface area contributed by atoms with Crippen LogP contribution in [0, 0.1) is 0 Å². The molecule has 17 heavy (non-hydrogen) atoms. The molecule has 0 unspecified atom stereocenters. The lowest BCUT2D eigenvalue weighted by Crippen LogP contribution is -2.30. The van der Waals surface area contributed by atoms with Crippen LogP contribution in [0.1, 0.15) is 5.56 Å². The summed E-state index contributed by atoms with van der Waals surface area (Å²) in [5, 5.41) is 1.28. The molecule has 0 aromatic heterocycles. The Kier molecular flexibility index (Phi) is 5.49. The minimum absolute atomic E-state index is 0. The summed E-state index contributed by atoms with van der Waals surface area (Å²) in [4.78, 5) is 5.43. The molecule has 90 valence electrons. The van der Waals surface area contributed by atoms with Gasteiger partial charge in [0.1, 0.15) is 6.61 Å². The molecular weight excluding hydrogens is 236 g/mol. The van der Waals surface area contributed by atoms with E-state index in [1.54, 1.807) is 0 Å². The number of anilines is 1. The summed E-state index contributed by atoms with van der Waals surface area (Å²) >= 11 is 0. The third-order valence-electron chi connectivity index (χ3n) is 2.22. The number of para-hydroxylation sites is 1. The Balaban J connectivity index is 0.00000144. The third-order valence-corrected chi connectivity index (χ3v) is 2.22. The van der Waals surface area contributed by atoms with E-state index in [0.717, 1.165) is 11.3 Å². The first kappa shape index (κ1) is 13.5. The summed E-state index contributed by atoms with van der Waals surface area (Å²) < 4.78 is 0. The lowest BCUT2D eigenvalue weighted by Gasteiger charge is -2.17. The number of benzene rings is 2. The van der Waals surface area contributed by atoms with Gasteiger partial charge in [0.25, 0.3) is 0 Å². The predicted molar refractivity (Wildman–Crippen MR) is 71.6 cm³/mol. The van der Waals surface area contributed by atoms with Gasteiger partial charge in [-0.2, -0.15) is 5.17 Å². The van der Waals surface area contributed by atoms with Crippen LogP contribution in [-0.4, -0.2) is 0 Å². The van der Waals surface area contributed by atoms with E-state index >= 15 is 0 Å². The maximum atomic E-state index is 5.75. The van der Waals surface area contributed by atoms with Gasteiger partial charge in [-0.25, -0.2) is 5.84 Å². The Bertz CT molecular complexity index is 422. The second kappa shape index (κ2) is 6.91. The fraction of sp³-hybridized carbons (Fsp3) is 0.0769. The second-order valence-corrected chi connectivity index (χ2v) is 3.42. The lowest BCUT2D eigenvalue weighted by atomic mass is 10.2. The Morgan fingerprint density at radius 3 is 2.00 bits per heavy atom. The standard InChI is InChI=1S/C13H14N2O.ClH/c14-15(13-9-5-2-6-10-13)16-11-12-7-3-1-4-8-12;/h1-10H,11,14H2;1H. The van der Waals surface area contributed by atoms with Crippen molar-refractivity contribution in [3.8, 4) is 0 Å². The van der Waals surface area contributed by atoms with Crippen LogP contribution in [-0.2, 0) is 11.4 Å². The van der Waals surface area contributed by atoms with Gasteiger partial charge in [-0.1, -0.05) is 48.5 Å². The minimum atomic E-state index is 0. The van der Waals surface area contributed by atoms with Crippen molar-refractivity contribution in [1.29, 1.82) is 0 Å². The molecule has 0 saturated heterocycles. The zero-order chi connectivity index (χ0) is 11.2. The summed E-state index contributed by atoms with van der Waals surface area (Å²) in [6, 6.07) is 19.5. The van der Waals surface area contributed by atoms with Crippen molar-refractivity contribution in [3.63, 3.8) is 0 Å². The van der Waals surface area contributed by atoms with E-state index in [1.165, 1.54) is 5.17 Å². The summed E-state index contributed by atoms with van der Waals surface area (Å²) in [6.07, 6.45) is 0. The predicted octanol–water partition coefficient (Wildman–Crippen LogP) is 2.92. The highest BCUT2D eigenvalue weighted by atomic mass is 35.5. The van der Waals surface area contributed by atoms with Crippen molar-refractivity contribution < 1.29 is 4.84 Å². The number of hydrogen-bond donors (Lipinski definition) is 1. The van der Waals surface area contributed by atoms with Crippen molar-refractivity contribution in [1.82, 2.24) is 0 Å². The van der Waals surface area contributed by atoms with Crippen LogP contribution in [0.15, 0.2) is 60.7 Å².